The first kappa shape index (κ1) is 17.9. The summed E-state index contributed by atoms with van der Waals surface area (Å²) >= 11 is 1.44. The summed E-state index contributed by atoms with van der Waals surface area (Å²) in [6.07, 6.45) is 3.66. The first-order valence-corrected chi connectivity index (χ1v) is 9.94. The van der Waals surface area contributed by atoms with Gasteiger partial charge in [0, 0.05) is 19.3 Å². The maximum Gasteiger partial charge on any atom is 0.240 e. The molecule has 3 heterocycles. The number of hydrogen-bond donors (Lipinski definition) is 0. The second-order valence-corrected chi connectivity index (χ2v) is 8.05. The summed E-state index contributed by atoms with van der Waals surface area (Å²) in [6, 6.07) is 10.0. The molecular weight excluding hydrogens is 360 g/mol. The molecule has 1 aromatic carbocycles. The molecule has 0 radical (unpaired) electrons. The molecule has 0 bridgehead atoms. The highest BCUT2D eigenvalue weighted by molar-refractivity contribution is 8.00. The predicted molar refractivity (Wildman–Crippen MR) is 106 cm³/mol. The summed E-state index contributed by atoms with van der Waals surface area (Å²) in [5, 5.41) is 9.04. The number of anilines is 1. The number of carbonyl (C=O) groups excluding carboxylic acids is 1. The average Bonchev–Trinajstić information content (AvgIpc) is 3.26. The molecule has 6 nitrogen and oxygen atoms in total. The average molecular weight is 382 g/mol. The van der Waals surface area contributed by atoms with Crippen LogP contribution in [0.1, 0.15) is 24.7 Å². The van der Waals surface area contributed by atoms with Gasteiger partial charge in [0.1, 0.15) is 5.76 Å². The van der Waals surface area contributed by atoms with Crippen LogP contribution in [0.5, 0.6) is 0 Å². The zero-order valence-electron chi connectivity index (χ0n) is 15.7. The minimum atomic E-state index is -0.252. The number of rotatable bonds is 4. The van der Waals surface area contributed by atoms with Crippen LogP contribution in [0, 0.1) is 6.92 Å². The van der Waals surface area contributed by atoms with Crippen LogP contribution in [0.2, 0.25) is 0 Å². The highest BCUT2D eigenvalue weighted by atomic mass is 32.2. The standard InChI is InChI=1S/C20H22N4O2S/c1-13-16(10-12-26-13)18-21-22-20(23(18)3)27-14(2)19(25)24-11-6-8-15-7-4-5-9-17(15)24/h4-5,7,9-10,12,14H,6,8,11H2,1-3H3/t14-/m1/s1. The highest BCUT2D eigenvalue weighted by Gasteiger charge is 2.28. The number of para-hydroxylation sites is 1. The van der Waals surface area contributed by atoms with E-state index in [0.717, 1.165) is 47.4 Å². The molecular formula is C20H22N4O2S. The normalized spacial score (nSPS) is 14.9. The molecule has 1 amide bonds. The van der Waals surface area contributed by atoms with Crippen molar-refractivity contribution in [1.29, 1.82) is 0 Å². The van der Waals surface area contributed by atoms with Gasteiger partial charge in [-0.25, -0.2) is 0 Å². The van der Waals surface area contributed by atoms with Gasteiger partial charge in [0.05, 0.1) is 17.1 Å². The fraction of sp³-hybridized carbons (Fsp3) is 0.350. The zero-order chi connectivity index (χ0) is 19.0. The third-order valence-corrected chi connectivity index (χ3v) is 6.06. The van der Waals surface area contributed by atoms with Crippen molar-refractivity contribution in [2.75, 3.05) is 11.4 Å². The van der Waals surface area contributed by atoms with Crippen molar-refractivity contribution >= 4 is 23.4 Å². The Balaban J connectivity index is 1.54. The van der Waals surface area contributed by atoms with Crippen LogP contribution in [-0.2, 0) is 18.3 Å². The maximum absolute atomic E-state index is 13.1. The van der Waals surface area contributed by atoms with Crippen molar-refractivity contribution in [2.24, 2.45) is 7.05 Å². The Morgan fingerprint density at radius 3 is 2.85 bits per heavy atom. The second kappa shape index (κ2) is 7.23. The number of nitrogens with zero attached hydrogens (tertiary/aromatic N) is 4. The van der Waals surface area contributed by atoms with E-state index in [2.05, 4.69) is 16.3 Å². The molecule has 1 aliphatic rings. The van der Waals surface area contributed by atoms with E-state index in [1.807, 2.05) is 54.6 Å². The minimum absolute atomic E-state index is 0.108. The Kier molecular flexibility index (Phi) is 4.78. The van der Waals surface area contributed by atoms with Crippen LogP contribution in [0.3, 0.4) is 0 Å². The molecule has 27 heavy (non-hydrogen) atoms. The lowest BCUT2D eigenvalue weighted by atomic mass is 10.0. The largest absolute Gasteiger partial charge is 0.469 e. The monoisotopic (exact) mass is 382 g/mol. The SMILES string of the molecule is Cc1occc1-c1nnc(S[C@H](C)C(=O)N2CCCc3ccccc32)n1C. The molecule has 3 aromatic rings. The van der Waals surface area contributed by atoms with E-state index in [-0.39, 0.29) is 11.2 Å². The van der Waals surface area contributed by atoms with Gasteiger partial charge in [-0.1, -0.05) is 30.0 Å². The fourth-order valence-corrected chi connectivity index (χ4v) is 4.34. The van der Waals surface area contributed by atoms with E-state index in [1.54, 1.807) is 6.26 Å². The Labute approximate surface area is 162 Å². The smallest absolute Gasteiger partial charge is 0.240 e. The first-order valence-electron chi connectivity index (χ1n) is 9.06. The van der Waals surface area contributed by atoms with Gasteiger partial charge in [-0.2, -0.15) is 0 Å². The van der Waals surface area contributed by atoms with Crippen LogP contribution in [0.25, 0.3) is 11.4 Å². The number of thioether (sulfide) groups is 1. The number of carbonyl (C=O) groups is 1. The van der Waals surface area contributed by atoms with Crippen molar-refractivity contribution in [3.63, 3.8) is 0 Å². The number of hydrogen-bond acceptors (Lipinski definition) is 5. The van der Waals surface area contributed by atoms with E-state index in [0.29, 0.717) is 0 Å². The molecule has 0 fully saturated rings. The lowest BCUT2D eigenvalue weighted by Crippen LogP contribution is -2.40. The van der Waals surface area contributed by atoms with Crippen molar-refractivity contribution < 1.29 is 9.21 Å². The van der Waals surface area contributed by atoms with Gasteiger partial charge in [0.25, 0.3) is 0 Å². The topological polar surface area (TPSA) is 64.2 Å². The number of fused-ring (bicyclic) bond motifs is 1. The minimum Gasteiger partial charge on any atom is -0.469 e. The Bertz CT molecular complexity index is 978. The molecule has 0 aliphatic carbocycles. The molecule has 0 N–H and O–H groups in total. The first-order chi connectivity index (χ1) is 13.1. The molecule has 1 aliphatic heterocycles. The number of aryl methyl sites for hydroxylation is 2. The van der Waals surface area contributed by atoms with Gasteiger partial charge in [-0.15, -0.1) is 10.2 Å². The summed E-state index contributed by atoms with van der Waals surface area (Å²) in [5.74, 6) is 1.65. The maximum atomic E-state index is 13.1. The molecule has 2 aromatic heterocycles. The molecule has 140 valence electrons. The van der Waals surface area contributed by atoms with Crippen molar-refractivity contribution in [1.82, 2.24) is 14.8 Å². The van der Waals surface area contributed by atoms with Gasteiger partial charge in [0.2, 0.25) is 5.91 Å². The van der Waals surface area contributed by atoms with Crippen LogP contribution >= 0.6 is 11.8 Å². The van der Waals surface area contributed by atoms with Gasteiger partial charge in [-0.3, -0.25) is 4.79 Å². The molecule has 4 rings (SSSR count). The number of aromatic nitrogens is 3. The predicted octanol–water partition coefficient (Wildman–Crippen LogP) is 3.84. The number of amides is 1. The molecule has 1 atom stereocenters. The lowest BCUT2D eigenvalue weighted by Gasteiger charge is -2.31. The van der Waals surface area contributed by atoms with Gasteiger partial charge in [0.15, 0.2) is 11.0 Å². The van der Waals surface area contributed by atoms with E-state index in [9.17, 15) is 4.79 Å². The fourth-order valence-electron chi connectivity index (χ4n) is 3.46. The van der Waals surface area contributed by atoms with Crippen LogP contribution in [0.4, 0.5) is 5.69 Å². The van der Waals surface area contributed by atoms with Crippen LogP contribution in [0.15, 0.2) is 46.2 Å². The van der Waals surface area contributed by atoms with Crippen molar-refractivity contribution in [3.8, 4) is 11.4 Å². The molecule has 0 saturated heterocycles. The van der Waals surface area contributed by atoms with Gasteiger partial charge in [-0.05, 0) is 44.4 Å². The Morgan fingerprint density at radius 1 is 1.26 bits per heavy atom. The summed E-state index contributed by atoms with van der Waals surface area (Å²) in [6.45, 7) is 4.59. The van der Waals surface area contributed by atoms with Crippen LogP contribution < -0.4 is 4.90 Å². The van der Waals surface area contributed by atoms with E-state index in [1.165, 1.54) is 17.3 Å². The third-order valence-electron chi connectivity index (χ3n) is 4.94. The molecule has 0 saturated carbocycles. The summed E-state index contributed by atoms with van der Waals surface area (Å²) in [5.41, 5.74) is 3.19. The van der Waals surface area contributed by atoms with E-state index in [4.69, 9.17) is 4.42 Å². The Morgan fingerprint density at radius 2 is 2.07 bits per heavy atom. The summed E-state index contributed by atoms with van der Waals surface area (Å²) in [4.78, 5) is 15.0. The van der Waals surface area contributed by atoms with Gasteiger partial charge >= 0.3 is 0 Å². The third kappa shape index (κ3) is 3.27. The number of benzene rings is 1. The van der Waals surface area contributed by atoms with Crippen molar-refractivity contribution in [3.05, 3.63) is 47.9 Å². The highest BCUT2D eigenvalue weighted by Crippen LogP contribution is 2.32. The van der Waals surface area contributed by atoms with E-state index < -0.39 is 0 Å². The molecule has 0 spiro atoms. The Hall–Kier alpha value is -2.54. The summed E-state index contributed by atoms with van der Waals surface area (Å²) in [7, 11) is 1.91. The van der Waals surface area contributed by atoms with Crippen molar-refractivity contribution in [2.45, 2.75) is 37.1 Å². The second-order valence-electron chi connectivity index (χ2n) is 6.74. The zero-order valence-corrected chi connectivity index (χ0v) is 16.5. The molecule has 0 unspecified atom stereocenters. The molecule has 7 heteroatoms. The quantitative estimate of drug-likeness (QED) is 0.642. The van der Waals surface area contributed by atoms with E-state index >= 15 is 0 Å². The van der Waals surface area contributed by atoms with Crippen LogP contribution in [-0.4, -0.2) is 32.5 Å². The summed E-state index contributed by atoms with van der Waals surface area (Å²) < 4.78 is 7.28. The number of furan rings is 1. The van der Waals surface area contributed by atoms with Gasteiger partial charge < -0.3 is 13.9 Å². The lowest BCUT2D eigenvalue weighted by molar-refractivity contribution is -0.117.